The highest BCUT2D eigenvalue weighted by Gasteiger charge is 2.23. The second kappa shape index (κ2) is 7.42. The Morgan fingerprint density at radius 1 is 1.31 bits per heavy atom. The Morgan fingerprint density at radius 3 is 2.85 bits per heavy atom. The van der Waals surface area contributed by atoms with Gasteiger partial charge in [-0.1, -0.05) is 0 Å². The molecular weight excluding hydrogens is 396 g/mol. The van der Waals surface area contributed by atoms with E-state index in [9.17, 15) is 5.11 Å². The molecule has 1 N–H and O–H groups in total. The van der Waals surface area contributed by atoms with Gasteiger partial charge in [-0.3, -0.25) is 4.98 Å². The first-order chi connectivity index (χ1) is 12.7. The average molecular weight is 417 g/mol. The number of pyridine rings is 2. The molecule has 1 saturated carbocycles. The number of rotatable bonds is 7. The number of halogens is 1. The normalized spacial score (nSPS) is 14.3. The minimum absolute atomic E-state index is 0.107. The first-order valence-electron chi connectivity index (χ1n) is 8.88. The molecule has 3 aromatic rings. The smallest absolute Gasteiger partial charge is 0.158 e. The van der Waals surface area contributed by atoms with Gasteiger partial charge >= 0.3 is 0 Å². The Hall–Kier alpha value is -1.83. The van der Waals surface area contributed by atoms with Crippen LogP contribution in [0.4, 0.5) is 0 Å². The van der Waals surface area contributed by atoms with Crippen LogP contribution in [0.1, 0.15) is 31.0 Å². The van der Waals surface area contributed by atoms with Crippen LogP contribution in [0.2, 0.25) is 0 Å². The van der Waals surface area contributed by atoms with E-state index in [0.29, 0.717) is 12.5 Å². The molecule has 7 heteroatoms. The third-order valence-electron chi connectivity index (χ3n) is 4.71. The highest BCUT2D eigenvalue weighted by molar-refractivity contribution is 9.10. The number of aliphatic hydroxyl groups is 1. The molecule has 6 nitrogen and oxygen atoms in total. The van der Waals surface area contributed by atoms with E-state index in [1.165, 1.54) is 12.8 Å². The predicted octanol–water partition coefficient (Wildman–Crippen LogP) is 3.69. The van der Waals surface area contributed by atoms with E-state index in [0.717, 1.165) is 51.0 Å². The molecule has 0 saturated heterocycles. The molecule has 0 aliphatic heterocycles. The first-order valence-corrected chi connectivity index (χ1v) is 9.67. The molecule has 3 heterocycles. The molecule has 0 spiro atoms. The third kappa shape index (κ3) is 3.39. The summed E-state index contributed by atoms with van der Waals surface area (Å²) in [4.78, 5) is 9.07. The highest BCUT2D eigenvalue weighted by Crippen LogP contribution is 2.35. The lowest BCUT2D eigenvalue weighted by Gasteiger charge is -2.15. The highest BCUT2D eigenvalue weighted by atomic mass is 79.9. The van der Waals surface area contributed by atoms with Crippen molar-refractivity contribution in [2.24, 2.45) is 5.92 Å². The number of hydrogen-bond acceptors (Lipinski definition) is 5. The van der Waals surface area contributed by atoms with E-state index < -0.39 is 0 Å². The molecule has 26 heavy (non-hydrogen) atoms. The van der Waals surface area contributed by atoms with Crippen LogP contribution in [0, 0.1) is 5.92 Å². The van der Waals surface area contributed by atoms with Crippen molar-refractivity contribution in [1.82, 2.24) is 19.7 Å². The first kappa shape index (κ1) is 17.6. The fourth-order valence-corrected chi connectivity index (χ4v) is 3.55. The quantitative estimate of drug-likeness (QED) is 0.635. The number of nitrogens with zero attached hydrogens (tertiary/aromatic N) is 4. The fraction of sp³-hybridized carbons (Fsp3) is 0.421. The Bertz CT molecular complexity index is 937. The van der Waals surface area contributed by atoms with Gasteiger partial charge in [-0.25, -0.2) is 9.67 Å². The van der Waals surface area contributed by atoms with Crippen molar-refractivity contribution >= 4 is 27.0 Å². The third-order valence-corrected chi connectivity index (χ3v) is 5.15. The number of aliphatic hydroxyl groups excluding tert-OH is 1. The van der Waals surface area contributed by atoms with Gasteiger partial charge in [0.25, 0.3) is 0 Å². The number of hydrogen-bond donors (Lipinski definition) is 1. The zero-order valence-electron chi connectivity index (χ0n) is 14.7. The summed E-state index contributed by atoms with van der Waals surface area (Å²) in [5.41, 5.74) is 4.21. The monoisotopic (exact) mass is 416 g/mol. The molecule has 0 bridgehead atoms. The summed E-state index contributed by atoms with van der Waals surface area (Å²) in [6.45, 7) is 3.81. The predicted molar refractivity (Wildman–Crippen MR) is 102 cm³/mol. The van der Waals surface area contributed by atoms with Crippen LogP contribution in [0.3, 0.4) is 0 Å². The maximum Gasteiger partial charge on any atom is 0.158 e. The maximum atomic E-state index is 10.1. The van der Waals surface area contributed by atoms with Crippen molar-refractivity contribution in [1.29, 1.82) is 0 Å². The van der Waals surface area contributed by atoms with Crippen molar-refractivity contribution in [3.05, 3.63) is 40.4 Å². The largest absolute Gasteiger partial charge is 0.392 e. The van der Waals surface area contributed by atoms with E-state index in [1.54, 1.807) is 12.4 Å². The van der Waals surface area contributed by atoms with Crippen LogP contribution in [-0.2, 0) is 24.5 Å². The van der Waals surface area contributed by atoms with Crippen LogP contribution in [0.25, 0.3) is 22.2 Å². The molecule has 136 valence electrons. The number of ether oxygens (including phenoxy) is 1. The van der Waals surface area contributed by atoms with Gasteiger partial charge in [0.05, 0.1) is 25.1 Å². The molecule has 4 rings (SSSR count). The van der Waals surface area contributed by atoms with Gasteiger partial charge in [-0.15, -0.1) is 0 Å². The Labute approximate surface area is 160 Å². The second-order valence-corrected chi connectivity index (χ2v) is 7.53. The summed E-state index contributed by atoms with van der Waals surface area (Å²) >= 11 is 3.49. The molecule has 0 aromatic carbocycles. The van der Waals surface area contributed by atoms with E-state index >= 15 is 0 Å². The van der Waals surface area contributed by atoms with Crippen molar-refractivity contribution in [3.8, 4) is 11.1 Å². The van der Waals surface area contributed by atoms with Gasteiger partial charge in [-0.05, 0) is 47.7 Å². The number of aromatic nitrogens is 4. The molecule has 1 fully saturated rings. The van der Waals surface area contributed by atoms with E-state index in [1.807, 2.05) is 23.9 Å². The van der Waals surface area contributed by atoms with Gasteiger partial charge in [0.15, 0.2) is 5.65 Å². The van der Waals surface area contributed by atoms with Crippen LogP contribution >= 0.6 is 15.9 Å². The van der Waals surface area contributed by atoms with Gasteiger partial charge in [0.2, 0.25) is 0 Å². The minimum Gasteiger partial charge on any atom is -0.392 e. The molecular formula is C19H21BrN4O2. The molecule has 3 aromatic heterocycles. The topological polar surface area (TPSA) is 73.1 Å². The Balaban J connectivity index is 1.86. The minimum atomic E-state index is -0.107. The van der Waals surface area contributed by atoms with E-state index in [-0.39, 0.29) is 6.61 Å². The lowest BCUT2D eigenvalue weighted by molar-refractivity contribution is 0.107. The second-order valence-electron chi connectivity index (χ2n) is 6.62. The average Bonchev–Trinajstić information content (AvgIpc) is 3.38. The molecule has 0 radical (unpaired) electrons. The van der Waals surface area contributed by atoms with Gasteiger partial charge in [-0.2, -0.15) is 5.10 Å². The fourth-order valence-electron chi connectivity index (χ4n) is 3.18. The summed E-state index contributed by atoms with van der Waals surface area (Å²) in [6.07, 6.45) is 7.86. The lowest BCUT2D eigenvalue weighted by Crippen LogP contribution is -2.08. The summed E-state index contributed by atoms with van der Waals surface area (Å²) in [6, 6.07) is 2.00. The lowest BCUT2D eigenvalue weighted by atomic mass is 9.98. The standard InChI is InChI=1S/C19H21BrN4O2/c1-2-24-19-15(8-22-24)18(13-5-14(20)7-21-6-13)16(9-25)17(23-19)11-26-10-12-3-4-12/h5-8,12,25H,2-4,9-11H2,1H3. The zero-order chi connectivity index (χ0) is 18.1. The number of aryl methyl sites for hydroxylation is 1. The molecule has 0 atom stereocenters. The van der Waals surface area contributed by atoms with Crippen molar-refractivity contribution in [2.75, 3.05) is 6.61 Å². The molecule has 0 amide bonds. The van der Waals surface area contributed by atoms with E-state index in [4.69, 9.17) is 9.72 Å². The van der Waals surface area contributed by atoms with Gasteiger partial charge in [0.1, 0.15) is 0 Å². The Kier molecular flexibility index (Phi) is 5.02. The molecule has 1 aliphatic carbocycles. The van der Waals surface area contributed by atoms with E-state index in [2.05, 4.69) is 26.0 Å². The Morgan fingerprint density at radius 2 is 2.15 bits per heavy atom. The van der Waals surface area contributed by atoms with Gasteiger partial charge < -0.3 is 9.84 Å². The van der Waals surface area contributed by atoms with Crippen LogP contribution in [0.5, 0.6) is 0 Å². The molecule has 0 unspecified atom stereocenters. The molecule has 1 aliphatic rings. The SMILES string of the molecule is CCn1ncc2c(-c3cncc(Br)c3)c(CO)c(COCC3CC3)nc21. The van der Waals surface area contributed by atoms with Crippen LogP contribution in [-0.4, -0.2) is 31.5 Å². The summed E-state index contributed by atoms with van der Waals surface area (Å²) in [5.74, 6) is 0.686. The summed E-state index contributed by atoms with van der Waals surface area (Å²) in [5, 5.41) is 15.5. The summed E-state index contributed by atoms with van der Waals surface area (Å²) < 4.78 is 8.63. The number of fused-ring (bicyclic) bond motifs is 1. The summed E-state index contributed by atoms with van der Waals surface area (Å²) in [7, 11) is 0. The van der Waals surface area contributed by atoms with Crippen molar-refractivity contribution in [2.45, 2.75) is 39.5 Å². The van der Waals surface area contributed by atoms with Crippen molar-refractivity contribution < 1.29 is 9.84 Å². The van der Waals surface area contributed by atoms with Crippen molar-refractivity contribution in [3.63, 3.8) is 0 Å². The van der Waals surface area contributed by atoms with Crippen LogP contribution < -0.4 is 0 Å². The van der Waals surface area contributed by atoms with Gasteiger partial charge in [0, 0.05) is 52.1 Å². The maximum absolute atomic E-state index is 10.1. The zero-order valence-corrected chi connectivity index (χ0v) is 16.2. The van der Waals surface area contributed by atoms with Crippen LogP contribution in [0.15, 0.2) is 29.1 Å².